The molecule has 0 aliphatic heterocycles. The second-order valence-electron chi connectivity index (χ2n) is 10.7. The Morgan fingerprint density at radius 1 is 1.06 bits per heavy atom. The molecule has 8 nitrogen and oxygen atoms in total. The van der Waals surface area contributed by atoms with Gasteiger partial charge in [-0.05, 0) is 70.6 Å². The van der Waals surface area contributed by atoms with Gasteiger partial charge < -0.3 is 25.4 Å². The van der Waals surface area contributed by atoms with E-state index < -0.39 is 29.7 Å². The Bertz CT molecular complexity index is 860. The van der Waals surface area contributed by atoms with Gasteiger partial charge in [0.1, 0.15) is 17.7 Å². The molecule has 0 saturated carbocycles. The summed E-state index contributed by atoms with van der Waals surface area (Å²) in [7, 11) is 0. The summed E-state index contributed by atoms with van der Waals surface area (Å²) in [5.74, 6) is -0.975. The van der Waals surface area contributed by atoms with E-state index in [1.807, 2.05) is 59.7 Å². The van der Waals surface area contributed by atoms with Crippen molar-refractivity contribution in [2.45, 2.75) is 105 Å². The van der Waals surface area contributed by atoms with Gasteiger partial charge in [0.25, 0.3) is 0 Å². The molecule has 3 amide bonds. The molecular formula is C28H47N3O5. The molecule has 0 aromatic heterocycles. The van der Waals surface area contributed by atoms with E-state index in [1.165, 1.54) is 4.90 Å². The smallest absolute Gasteiger partial charge is 0.408 e. The lowest BCUT2D eigenvalue weighted by Crippen LogP contribution is -2.56. The molecule has 0 heterocycles. The first-order chi connectivity index (χ1) is 16.8. The van der Waals surface area contributed by atoms with Crippen molar-refractivity contribution >= 4 is 17.9 Å². The van der Waals surface area contributed by atoms with Gasteiger partial charge in [0.2, 0.25) is 11.8 Å². The van der Waals surface area contributed by atoms with E-state index in [0.717, 1.165) is 29.5 Å². The number of nitrogens with one attached hydrogen (secondary N) is 2. The van der Waals surface area contributed by atoms with E-state index >= 15 is 0 Å². The van der Waals surface area contributed by atoms with E-state index in [-0.39, 0.29) is 31.0 Å². The van der Waals surface area contributed by atoms with Crippen LogP contribution in [0.15, 0.2) is 18.2 Å². The molecule has 1 aromatic rings. The lowest BCUT2D eigenvalue weighted by atomic mass is 9.91. The van der Waals surface area contributed by atoms with E-state index in [4.69, 9.17) is 4.74 Å². The zero-order chi connectivity index (χ0) is 27.6. The molecule has 0 spiro atoms. The third kappa shape index (κ3) is 9.12. The highest BCUT2D eigenvalue weighted by atomic mass is 16.6. The van der Waals surface area contributed by atoms with E-state index in [9.17, 15) is 19.5 Å². The number of rotatable bonds is 12. The number of benzene rings is 1. The molecule has 204 valence electrons. The quantitative estimate of drug-likeness (QED) is 0.390. The predicted octanol–water partition coefficient (Wildman–Crippen LogP) is 4.41. The summed E-state index contributed by atoms with van der Waals surface area (Å²) in [6.45, 7) is 16.5. The molecule has 4 unspecified atom stereocenters. The number of nitrogens with zero attached hydrogens (tertiary/aromatic N) is 1. The van der Waals surface area contributed by atoms with Crippen LogP contribution in [0.25, 0.3) is 0 Å². The van der Waals surface area contributed by atoms with Gasteiger partial charge in [-0.1, -0.05) is 51.8 Å². The van der Waals surface area contributed by atoms with Crippen molar-refractivity contribution in [2.24, 2.45) is 5.92 Å². The standard InChI is InChI=1S/C28H47N3O5/c1-10-13-21(6)29-25(33)24(22-19(4)14-12-15-20(22)5)31(16-17-32)26(34)23(18(3)11-2)30-27(35)36-28(7,8)9/h12,14-15,18,21,23-24,32H,10-11,13,16-17H2,1-9H3,(H,29,33)(H,30,35). The molecule has 0 fully saturated rings. The van der Waals surface area contributed by atoms with Gasteiger partial charge >= 0.3 is 6.09 Å². The van der Waals surface area contributed by atoms with Crippen LogP contribution in [0.4, 0.5) is 4.79 Å². The number of alkyl carbamates (subject to hydrolysis) is 1. The molecule has 0 radical (unpaired) electrons. The summed E-state index contributed by atoms with van der Waals surface area (Å²) in [4.78, 5) is 41.8. The largest absolute Gasteiger partial charge is 0.444 e. The van der Waals surface area contributed by atoms with Gasteiger partial charge in [-0.15, -0.1) is 0 Å². The van der Waals surface area contributed by atoms with Crippen LogP contribution in [0.1, 0.15) is 90.5 Å². The summed E-state index contributed by atoms with van der Waals surface area (Å²) in [5, 5.41) is 15.7. The summed E-state index contributed by atoms with van der Waals surface area (Å²) >= 11 is 0. The number of carbonyl (C=O) groups is 3. The molecule has 1 aromatic carbocycles. The van der Waals surface area contributed by atoms with E-state index in [2.05, 4.69) is 10.6 Å². The number of hydrogen-bond acceptors (Lipinski definition) is 5. The lowest BCUT2D eigenvalue weighted by Gasteiger charge is -2.37. The molecule has 4 atom stereocenters. The molecular weight excluding hydrogens is 458 g/mol. The predicted molar refractivity (Wildman–Crippen MR) is 143 cm³/mol. The van der Waals surface area contributed by atoms with Crippen molar-refractivity contribution in [3.8, 4) is 0 Å². The van der Waals surface area contributed by atoms with Crippen molar-refractivity contribution < 1.29 is 24.2 Å². The van der Waals surface area contributed by atoms with Gasteiger partial charge in [-0.25, -0.2) is 4.79 Å². The highest BCUT2D eigenvalue weighted by Crippen LogP contribution is 2.29. The molecule has 8 heteroatoms. The van der Waals surface area contributed by atoms with Crippen molar-refractivity contribution in [2.75, 3.05) is 13.2 Å². The normalized spacial score (nSPS) is 14.8. The zero-order valence-corrected chi connectivity index (χ0v) is 23.6. The van der Waals surface area contributed by atoms with Crippen molar-refractivity contribution in [1.82, 2.24) is 15.5 Å². The van der Waals surface area contributed by atoms with Crippen LogP contribution in [0.5, 0.6) is 0 Å². The second kappa shape index (κ2) is 14.2. The van der Waals surface area contributed by atoms with Crippen LogP contribution in [-0.4, -0.2) is 58.8 Å². The highest BCUT2D eigenvalue weighted by molar-refractivity contribution is 5.92. The SMILES string of the molecule is CCCC(C)NC(=O)C(c1c(C)cccc1C)N(CCO)C(=O)C(NC(=O)OC(C)(C)C)C(C)CC. The van der Waals surface area contributed by atoms with Crippen LogP contribution in [0.2, 0.25) is 0 Å². The number of aliphatic hydroxyl groups excluding tert-OH is 1. The van der Waals surface area contributed by atoms with Crippen molar-refractivity contribution in [1.29, 1.82) is 0 Å². The van der Waals surface area contributed by atoms with Crippen LogP contribution in [0.3, 0.4) is 0 Å². The van der Waals surface area contributed by atoms with Crippen LogP contribution in [0, 0.1) is 19.8 Å². The number of ether oxygens (including phenoxy) is 1. The van der Waals surface area contributed by atoms with Crippen LogP contribution >= 0.6 is 0 Å². The minimum Gasteiger partial charge on any atom is -0.444 e. The molecule has 0 saturated heterocycles. The molecule has 3 N–H and O–H groups in total. The summed E-state index contributed by atoms with van der Waals surface area (Å²) in [6.07, 6.45) is 1.63. The number of aryl methyl sites for hydroxylation is 2. The Morgan fingerprint density at radius 2 is 1.64 bits per heavy atom. The number of aliphatic hydroxyl groups is 1. The van der Waals surface area contributed by atoms with Gasteiger partial charge in [0.05, 0.1) is 6.61 Å². The lowest BCUT2D eigenvalue weighted by molar-refractivity contribution is -0.144. The molecule has 36 heavy (non-hydrogen) atoms. The number of amides is 3. The fraction of sp³-hybridized carbons (Fsp3) is 0.679. The van der Waals surface area contributed by atoms with Gasteiger partial charge in [0, 0.05) is 12.6 Å². The van der Waals surface area contributed by atoms with Crippen LogP contribution < -0.4 is 10.6 Å². The average Bonchev–Trinajstić information content (AvgIpc) is 2.76. The van der Waals surface area contributed by atoms with Gasteiger partial charge in [-0.2, -0.15) is 0 Å². The maximum absolute atomic E-state index is 14.1. The Hall–Kier alpha value is -2.61. The van der Waals surface area contributed by atoms with Gasteiger partial charge in [0.15, 0.2) is 0 Å². The van der Waals surface area contributed by atoms with Crippen LogP contribution in [-0.2, 0) is 14.3 Å². The minimum absolute atomic E-state index is 0.0597. The number of carbonyl (C=O) groups excluding carboxylic acids is 3. The monoisotopic (exact) mass is 505 g/mol. The molecule has 1 rings (SSSR count). The summed E-state index contributed by atoms with van der Waals surface area (Å²) in [6, 6.07) is 3.76. The minimum atomic E-state index is -0.961. The zero-order valence-electron chi connectivity index (χ0n) is 23.6. The maximum atomic E-state index is 14.1. The number of hydrogen-bond donors (Lipinski definition) is 3. The Labute approximate surface area is 217 Å². The Balaban J connectivity index is 3.56. The Kier molecular flexibility index (Phi) is 12.4. The Morgan fingerprint density at radius 3 is 2.11 bits per heavy atom. The molecule has 0 aliphatic rings. The van der Waals surface area contributed by atoms with E-state index in [1.54, 1.807) is 20.8 Å². The first-order valence-corrected chi connectivity index (χ1v) is 13.0. The van der Waals surface area contributed by atoms with Gasteiger partial charge in [-0.3, -0.25) is 9.59 Å². The first kappa shape index (κ1) is 31.4. The highest BCUT2D eigenvalue weighted by Gasteiger charge is 2.39. The molecule has 0 aliphatic carbocycles. The topological polar surface area (TPSA) is 108 Å². The first-order valence-electron chi connectivity index (χ1n) is 13.0. The van der Waals surface area contributed by atoms with E-state index in [0.29, 0.717) is 6.42 Å². The fourth-order valence-electron chi connectivity index (χ4n) is 4.28. The molecule has 0 bridgehead atoms. The second-order valence-corrected chi connectivity index (χ2v) is 10.7. The van der Waals surface area contributed by atoms with Crippen molar-refractivity contribution in [3.05, 3.63) is 34.9 Å². The summed E-state index contributed by atoms with van der Waals surface area (Å²) < 4.78 is 5.41. The van der Waals surface area contributed by atoms with Crippen molar-refractivity contribution in [3.63, 3.8) is 0 Å². The summed E-state index contributed by atoms with van der Waals surface area (Å²) in [5.41, 5.74) is 1.73. The third-order valence-electron chi connectivity index (χ3n) is 6.26. The average molecular weight is 506 g/mol. The maximum Gasteiger partial charge on any atom is 0.408 e. The third-order valence-corrected chi connectivity index (χ3v) is 6.26. The fourth-order valence-corrected chi connectivity index (χ4v) is 4.28.